The summed E-state index contributed by atoms with van der Waals surface area (Å²) >= 11 is 13.1. The fourth-order valence-corrected chi connectivity index (χ4v) is 2.27. The zero-order valence-electron chi connectivity index (χ0n) is 7.77. The fraction of sp³-hybridized carbons (Fsp3) is 0.400. The van der Waals surface area contributed by atoms with Crippen LogP contribution in [0.2, 0.25) is 5.02 Å². The van der Waals surface area contributed by atoms with Gasteiger partial charge in [0, 0.05) is 16.9 Å². The molecule has 0 aliphatic heterocycles. The highest BCUT2D eigenvalue weighted by Crippen LogP contribution is 2.26. The SMILES string of the molecule is CC(CCl)SCc1cccc(F)c1Cl. The van der Waals surface area contributed by atoms with Gasteiger partial charge < -0.3 is 0 Å². The second kappa shape index (κ2) is 5.84. The molecule has 0 N–H and O–H groups in total. The molecule has 0 bridgehead atoms. The minimum absolute atomic E-state index is 0.224. The molecule has 0 radical (unpaired) electrons. The maximum absolute atomic E-state index is 13.0. The maximum atomic E-state index is 13.0. The van der Waals surface area contributed by atoms with Gasteiger partial charge >= 0.3 is 0 Å². The van der Waals surface area contributed by atoms with Crippen LogP contribution in [0.1, 0.15) is 12.5 Å². The van der Waals surface area contributed by atoms with Gasteiger partial charge in [-0.05, 0) is 11.6 Å². The van der Waals surface area contributed by atoms with Gasteiger partial charge in [-0.25, -0.2) is 4.39 Å². The highest BCUT2D eigenvalue weighted by Gasteiger charge is 2.07. The lowest BCUT2D eigenvalue weighted by Gasteiger charge is -2.08. The third kappa shape index (κ3) is 3.34. The summed E-state index contributed by atoms with van der Waals surface area (Å²) in [4.78, 5) is 0. The molecule has 0 saturated heterocycles. The van der Waals surface area contributed by atoms with Crippen LogP contribution in [0.3, 0.4) is 0 Å². The molecule has 4 heteroatoms. The van der Waals surface area contributed by atoms with Crippen molar-refractivity contribution in [2.45, 2.75) is 17.9 Å². The average molecular weight is 253 g/mol. The van der Waals surface area contributed by atoms with E-state index in [0.717, 1.165) is 5.56 Å². The summed E-state index contributed by atoms with van der Waals surface area (Å²) in [6.07, 6.45) is 0. The van der Waals surface area contributed by atoms with Crippen LogP contribution in [0, 0.1) is 5.82 Å². The molecule has 0 spiro atoms. The van der Waals surface area contributed by atoms with E-state index in [1.807, 2.05) is 13.0 Å². The normalized spacial score (nSPS) is 12.9. The van der Waals surface area contributed by atoms with Crippen molar-refractivity contribution >= 4 is 35.0 Å². The molecule has 14 heavy (non-hydrogen) atoms. The first-order valence-corrected chi connectivity index (χ1v) is 6.21. The monoisotopic (exact) mass is 252 g/mol. The van der Waals surface area contributed by atoms with Crippen molar-refractivity contribution < 1.29 is 4.39 Å². The van der Waals surface area contributed by atoms with E-state index < -0.39 is 0 Å². The van der Waals surface area contributed by atoms with Crippen LogP contribution in [0.4, 0.5) is 4.39 Å². The van der Waals surface area contributed by atoms with E-state index in [4.69, 9.17) is 23.2 Å². The molecule has 1 rings (SSSR count). The molecule has 0 amide bonds. The lowest BCUT2D eigenvalue weighted by Crippen LogP contribution is -1.98. The Bertz CT molecular complexity index is 304. The third-order valence-electron chi connectivity index (χ3n) is 1.77. The van der Waals surface area contributed by atoms with Crippen molar-refractivity contribution in [3.8, 4) is 0 Å². The summed E-state index contributed by atoms with van der Waals surface area (Å²) < 4.78 is 13.0. The van der Waals surface area contributed by atoms with Crippen molar-refractivity contribution in [3.63, 3.8) is 0 Å². The van der Waals surface area contributed by atoms with Gasteiger partial charge in [-0.15, -0.1) is 11.6 Å². The number of alkyl halides is 1. The summed E-state index contributed by atoms with van der Waals surface area (Å²) in [6.45, 7) is 2.03. The number of thioether (sulfide) groups is 1. The lowest BCUT2D eigenvalue weighted by molar-refractivity contribution is 0.627. The predicted molar refractivity (Wildman–Crippen MR) is 62.9 cm³/mol. The highest BCUT2D eigenvalue weighted by molar-refractivity contribution is 7.99. The largest absolute Gasteiger partial charge is 0.205 e. The van der Waals surface area contributed by atoms with Crippen LogP contribution >= 0.6 is 35.0 Å². The Labute approximate surface area is 97.8 Å². The first-order chi connectivity index (χ1) is 6.65. The van der Waals surface area contributed by atoms with Crippen LogP contribution in [0.5, 0.6) is 0 Å². The van der Waals surface area contributed by atoms with E-state index >= 15 is 0 Å². The lowest BCUT2D eigenvalue weighted by atomic mass is 10.2. The maximum Gasteiger partial charge on any atom is 0.142 e. The van der Waals surface area contributed by atoms with E-state index in [1.54, 1.807) is 17.8 Å². The zero-order chi connectivity index (χ0) is 10.6. The summed E-state index contributed by atoms with van der Waals surface area (Å²) in [5.74, 6) is 0.936. The van der Waals surface area contributed by atoms with Crippen LogP contribution in [-0.2, 0) is 5.75 Å². The van der Waals surface area contributed by atoms with Gasteiger partial charge in [-0.3, -0.25) is 0 Å². The second-order valence-corrected chi connectivity index (χ2v) is 5.10. The van der Waals surface area contributed by atoms with E-state index in [-0.39, 0.29) is 10.8 Å². The smallest absolute Gasteiger partial charge is 0.142 e. The second-order valence-electron chi connectivity index (χ2n) is 2.99. The van der Waals surface area contributed by atoms with Crippen molar-refractivity contribution in [2.75, 3.05) is 5.88 Å². The number of halogens is 3. The zero-order valence-corrected chi connectivity index (χ0v) is 10.1. The van der Waals surface area contributed by atoms with E-state index in [0.29, 0.717) is 16.9 Å². The Hall–Kier alpha value is 0.0800. The highest BCUT2D eigenvalue weighted by atomic mass is 35.5. The Balaban J connectivity index is 2.63. The third-order valence-corrected chi connectivity index (χ3v) is 4.05. The van der Waals surface area contributed by atoms with Crippen LogP contribution in [-0.4, -0.2) is 11.1 Å². The van der Waals surface area contributed by atoms with Gasteiger partial charge in [0.05, 0.1) is 5.02 Å². The first-order valence-electron chi connectivity index (χ1n) is 4.25. The molecule has 0 nitrogen and oxygen atoms in total. The predicted octanol–water partition coefficient (Wildman–Crippen LogP) is 4.34. The van der Waals surface area contributed by atoms with Gasteiger partial charge in [0.15, 0.2) is 0 Å². The molecule has 1 aromatic carbocycles. The topological polar surface area (TPSA) is 0 Å². The van der Waals surface area contributed by atoms with Gasteiger partial charge in [-0.1, -0.05) is 30.7 Å². The average Bonchev–Trinajstić information content (AvgIpc) is 2.20. The quantitative estimate of drug-likeness (QED) is 0.719. The minimum Gasteiger partial charge on any atom is -0.205 e. The molecule has 78 valence electrons. The number of hydrogen-bond acceptors (Lipinski definition) is 1. The van der Waals surface area contributed by atoms with Crippen LogP contribution < -0.4 is 0 Å². The molecule has 0 aliphatic rings. The van der Waals surface area contributed by atoms with Gasteiger partial charge in [0.2, 0.25) is 0 Å². The van der Waals surface area contributed by atoms with Crippen LogP contribution in [0.25, 0.3) is 0 Å². The number of hydrogen-bond donors (Lipinski definition) is 0. The summed E-state index contributed by atoms with van der Waals surface area (Å²) in [5, 5.41) is 0.581. The van der Waals surface area contributed by atoms with Crippen molar-refractivity contribution in [1.29, 1.82) is 0 Å². The summed E-state index contributed by atoms with van der Waals surface area (Å²) in [5.41, 5.74) is 0.827. The Morgan fingerprint density at radius 2 is 2.21 bits per heavy atom. The van der Waals surface area contributed by atoms with Gasteiger partial charge in [-0.2, -0.15) is 11.8 Å². The van der Waals surface area contributed by atoms with Crippen molar-refractivity contribution in [2.24, 2.45) is 0 Å². The van der Waals surface area contributed by atoms with Crippen molar-refractivity contribution in [3.05, 3.63) is 34.6 Å². The molecular weight excluding hydrogens is 242 g/mol. The molecule has 1 atom stereocenters. The number of benzene rings is 1. The molecule has 1 aromatic rings. The standard InChI is InChI=1S/C10H11Cl2FS/c1-7(5-11)14-6-8-3-2-4-9(13)10(8)12/h2-4,7H,5-6H2,1H3. The Morgan fingerprint density at radius 3 is 2.86 bits per heavy atom. The molecule has 0 aliphatic carbocycles. The Morgan fingerprint density at radius 1 is 1.50 bits per heavy atom. The molecular formula is C10H11Cl2FS. The fourth-order valence-electron chi connectivity index (χ4n) is 0.937. The van der Waals surface area contributed by atoms with E-state index in [2.05, 4.69) is 0 Å². The Kier molecular flexibility index (Phi) is 5.07. The minimum atomic E-state index is -0.358. The van der Waals surface area contributed by atoms with E-state index in [1.165, 1.54) is 6.07 Å². The molecule has 0 heterocycles. The van der Waals surface area contributed by atoms with Crippen LogP contribution in [0.15, 0.2) is 18.2 Å². The van der Waals surface area contributed by atoms with Crippen molar-refractivity contribution in [1.82, 2.24) is 0 Å². The van der Waals surface area contributed by atoms with Gasteiger partial charge in [0.25, 0.3) is 0 Å². The molecule has 0 aromatic heterocycles. The van der Waals surface area contributed by atoms with E-state index in [9.17, 15) is 4.39 Å². The number of rotatable bonds is 4. The first kappa shape index (κ1) is 12.2. The van der Waals surface area contributed by atoms with Gasteiger partial charge in [0.1, 0.15) is 5.82 Å². The summed E-state index contributed by atoms with van der Waals surface area (Å²) in [7, 11) is 0. The summed E-state index contributed by atoms with van der Waals surface area (Å²) in [6, 6.07) is 4.86. The molecule has 1 unspecified atom stereocenters. The molecule has 0 saturated carbocycles. The molecule has 0 fully saturated rings.